The largest absolute Gasteiger partial charge is 0.442 e. The summed E-state index contributed by atoms with van der Waals surface area (Å²) in [6.45, 7) is 1.58. The van der Waals surface area contributed by atoms with Crippen molar-refractivity contribution in [3.05, 3.63) is 107 Å². The van der Waals surface area contributed by atoms with Crippen LogP contribution in [-0.2, 0) is 11.3 Å². The van der Waals surface area contributed by atoms with E-state index in [1.54, 1.807) is 79.7 Å². The first kappa shape index (κ1) is 22.3. The lowest BCUT2D eigenvalue weighted by Gasteiger charge is -2.29. The quantitative estimate of drug-likeness (QED) is 0.622. The number of nitrogens with zero attached hydrogens (tertiary/aromatic N) is 2. The van der Waals surface area contributed by atoms with Crippen LogP contribution in [0.2, 0.25) is 0 Å². The van der Waals surface area contributed by atoms with Crippen molar-refractivity contribution in [2.45, 2.75) is 25.3 Å². The Bertz CT molecular complexity index is 1210. The highest BCUT2D eigenvalue weighted by atomic mass is 19.4. The van der Waals surface area contributed by atoms with E-state index in [1.807, 2.05) is 5.32 Å². The Hall–Kier alpha value is -3.94. The van der Waals surface area contributed by atoms with Gasteiger partial charge in [-0.1, -0.05) is 78.4 Å². The molecule has 0 saturated carbocycles. The van der Waals surface area contributed by atoms with Gasteiger partial charge in [-0.3, -0.25) is 14.5 Å². The molecule has 0 spiro atoms. The van der Waals surface area contributed by atoms with Crippen LogP contribution in [0.5, 0.6) is 0 Å². The van der Waals surface area contributed by atoms with Gasteiger partial charge in [0.25, 0.3) is 11.8 Å². The van der Waals surface area contributed by atoms with Crippen LogP contribution in [0.25, 0.3) is 0 Å². The monoisotopic (exact) mass is 451 g/mol. The van der Waals surface area contributed by atoms with Crippen LogP contribution in [0.15, 0.2) is 89.9 Å². The zero-order valence-corrected chi connectivity index (χ0v) is 17.6. The number of carbonyl (C=O) groups is 2. The van der Waals surface area contributed by atoms with E-state index in [-0.39, 0.29) is 17.9 Å². The van der Waals surface area contributed by atoms with Crippen LogP contribution >= 0.6 is 0 Å². The maximum Gasteiger partial charge on any atom is 0.442 e. The van der Waals surface area contributed by atoms with Gasteiger partial charge >= 0.3 is 11.8 Å². The third-order valence-corrected chi connectivity index (χ3v) is 5.28. The van der Waals surface area contributed by atoms with Gasteiger partial charge in [0.2, 0.25) is 0 Å². The minimum Gasteiger partial charge on any atom is -0.312 e. The van der Waals surface area contributed by atoms with Gasteiger partial charge in [-0.2, -0.15) is 13.2 Å². The Labute approximate surface area is 188 Å². The van der Waals surface area contributed by atoms with Crippen LogP contribution in [0.1, 0.15) is 27.0 Å². The normalized spacial score (nSPS) is 18.2. The van der Waals surface area contributed by atoms with Gasteiger partial charge in [-0.15, -0.1) is 0 Å². The van der Waals surface area contributed by atoms with Gasteiger partial charge < -0.3 is 5.32 Å². The van der Waals surface area contributed by atoms with E-state index in [2.05, 4.69) is 4.99 Å². The lowest BCUT2D eigenvalue weighted by molar-refractivity contribution is -0.196. The number of halogens is 3. The lowest BCUT2D eigenvalue weighted by atomic mass is 10.1. The molecule has 1 aliphatic heterocycles. The minimum absolute atomic E-state index is 0.00407. The van der Waals surface area contributed by atoms with Gasteiger partial charge in [0.05, 0.1) is 6.54 Å². The molecule has 0 aromatic heterocycles. The van der Waals surface area contributed by atoms with Crippen molar-refractivity contribution in [3.63, 3.8) is 0 Å². The summed E-state index contributed by atoms with van der Waals surface area (Å²) in [6.07, 6.45) is -5.17. The second-order valence-corrected chi connectivity index (χ2v) is 7.71. The predicted molar refractivity (Wildman–Crippen MR) is 117 cm³/mol. The Kier molecular flexibility index (Phi) is 5.76. The number of nitrogens with one attached hydrogen (secondary N) is 1. The van der Waals surface area contributed by atoms with E-state index in [4.69, 9.17) is 0 Å². The highest BCUT2D eigenvalue weighted by Gasteiger charge is 2.67. The fraction of sp³-hybridized carbons (Fsp3) is 0.160. The topological polar surface area (TPSA) is 61.8 Å². The minimum atomic E-state index is -5.17. The summed E-state index contributed by atoms with van der Waals surface area (Å²) in [5, 5.41) is 1.90. The van der Waals surface area contributed by atoms with E-state index in [0.29, 0.717) is 16.7 Å². The number of hydrogen-bond donors (Lipinski definition) is 1. The number of hydrogen-bond acceptors (Lipinski definition) is 3. The summed E-state index contributed by atoms with van der Waals surface area (Å²) in [4.78, 5) is 31.0. The number of rotatable bonds is 5. The summed E-state index contributed by atoms with van der Waals surface area (Å²) >= 11 is 0. The molecule has 1 atom stereocenters. The summed E-state index contributed by atoms with van der Waals surface area (Å²) in [7, 11) is 0. The molecule has 4 rings (SSSR count). The van der Waals surface area contributed by atoms with Crippen molar-refractivity contribution in [2.75, 3.05) is 0 Å². The van der Waals surface area contributed by atoms with Gasteiger partial charge in [-0.05, 0) is 24.6 Å². The molecule has 5 nitrogen and oxygen atoms in total. The molecule has 0 fully saturated rings. The van der Waals surface area contributed by atoms with Crippen LogP contribution in [-0.4, -0.2) is 34.4 Å². The van der Waals surface area contributed by atoms with Crippen molar-refractivity contribution in [1.82, 2.24) is 10.2 Å². The first-order valence-corrected chi connectivity index (χ1v) is 10.2. The molecule has 0 aliphatic carbocycles. The zero-order valence-electron chi connectivity index (χ0n) is 17.6. The van der Waals surface area contributed by atoms with Crippen molar-refractivity contribution >= 4 is 17.6 Å². The molecule has 168 valence electrons. The number of carbonyl (C=O) groups excluding carboxylic acids is 2. The molecule has 0 unspecified atom stereocenters. The molecule has 0 bridgehead atoms. The van der Waals surface area contributed by atoms with E-state index < -0.39 is 23.7 Å². The fourth-order valence-electron chi connectivity index (χ4n) is 3.64. The number of amidine groups is 1. The summed E-state index contributed by atoms with van der Waals surface area (Å²) in [5.74, 6) is -2.56. The number of benzene rings is 3. The lowest BCUT2D eigenvalue weighted by Crippen LogP contribution is -2.63. The second-order valence-electron chi connectivity index (χ2n) is 7.71. The second kappa shape index (κ2) is 8.54. The van der Waals surface area contributed by atoms with Gasteiger partial charge in [-0.25, -0.2) is 4.99 Å². The number of aryl methyl sites for hydroxylation is 1. The molecule has 33 heavy (non-hydrogen) atoms. The number of amides is 2. The van der Waals surface area contributed by atoms with E-state index >= 15 is 0 Å². The first-order chi connectivity index (χ1) is 15.7. The highest BCUT2D eigenvalue weighted by Crippen LogP contribution is 2.39. The highest BCUT2D eigenvalue weighted by molar-refractivity contribution is 6.16. The summed E-state index contributed by atoms with van der Waals surface area (Å²) in [6, 6.07) is 22.9. The van der Waals surface area contributed by atoms with Crippen molar-refractivity contribution in [2.24, 2.45) is 4.99 Å². The molecule has 3 aromatic rings. The summed E-state index contributed by atoms with van der Waals surface area (Å²) in [5.41, 5.74) is -1.78. The first-order valence-electron chi connectivity index (χ1n) is 10.2. The zero-order chi connectivity index (χ0) is 23.6. The summed E-state index contributed by atoms with van der Waals surface area (Å²) < 4.78 is 43.4. The Morgan fingerprint density at radius 2 is 1.61 bits per heavy atom. The standard InChI is InChI=1S/C25H20F3N3O2/c1-17-9-8-14-20(15-17)22(32)30-24(25(26,27)28)23(33)31(16-18-10-4-2-5-11-18)21(29-24)19-12-6-3-7-13-19/h2-15H,16H2,1H3,(H,30,32)/t24-/m0/s1. The Morgan fingerprint density at radius 3 is 2.21 bits per heavy atom. The number of alkyl halides is 3. The third kappa shape index (κ3) is 4.24. The molecule has 0 saturated heterocycles. The van der Waals surface area contributed by atoms with Gasteiger partial charge in [0, 0.05) is 11.1 Å². The molecular weight excluding hydrogens is 431 g/mol. The van der Waals surface area contributed by atoms with E-state index in [9.17, 15) is 22.8 Å². The Morgan fingerprint density at radius 1 is 0.970 bits per heavy atom. The predicted octanol–water partition coefficient (Wildman–Crippen LogP) is 4.47. The van der Waals surface area contributed by atoms with Crippen LogP contribution in [0.3, 0.4) is 0 Å². The smallest absolute Gasteiger partial charge is 0.312 e. The number of aliphatic imine (C=N–C) groups is 1. The Balaban J connectivity index is 1.81. The van der Waals surface area contributed by atoms with E-state index in [1.165, 1.54) is 12.1 Å². The average molecular weight is 451 g/mol. The van der Waals surface area contributed by atoms with Crippen molar-refractivity contribution in [3.8, 4) is 0 Å². The molecule has 8 heteroatoms. The molecule has 3 aromatic carbocycles. The molecular formula is C25H20F3N3O2. The van der Waals surface area contributed by atoms with E-state index in [0.717, 1.165) is 4.90 Å². The molecule has 1 N–H and O–H groups in total. The molecule has 2 amide bonds. The van der Waals surface area contributed by atoms with Crippen molar-refractivity contribution < 1.29 is 22.8 Å². The molecule has 1 aliphatic rings. The SMILES string of the molecule is Cc1cccc(C(=O)N[C@@]2(C(F)(F)F)N=C(c3ccccc3)N(Cc3ccccc3)C2=O)c1. The maximum atomic E-state index is 14.5. The maximum absolute atomic E-state index is 14.5. The van der Waals surface area contributed by atoms with Crippen molar-refractivity contribution in [1.29, 1.82) is 0 Å². The fourth-order valence-corrected chi connectivity index (χ4v) is 3.64. The van der Waals surface area contributed by atoms with Crippen LogP contribution in [0.4, 0.5) is 13.2 Å². The van der Waals surface area contributed by atoms with Crippen LogP contribution < -0.4 is 5.32 Å². The van der Waals surface area contributed by atoms with Gasteiger partial charge in [0.15, 0.2) is 0 Å². The molecule has 1 heterocycles. The molecule has 0 radical (unpaired) electrons. The van der Waals surface area contributed by atoms with Crippen LogP contribution in [0, 0.1) is 6.92 Å². The third-order valence-electron chi connectivity index (χ3n) is 5.28. The average Bonchev–Trinajstić information content (AvgIpc) is 3.08. The van der Waals surface area contributed by atoms with Gasteiger partial charge in [0.1, 0.15) is 5.84 Å².